The molecule has 1 aliphatic heterocycles. The Balaban J connectivity index is 1.48. The van der Waals surface area contributed by atoms with Gasteiger partial charge in [-0.3, -0.25) is 14.6 Å². The average Bonchev–Trinajstić information content (AvgIpc) is 2.93. The first-order valence-electron chi connectivity index (χ1n) is 11.5. The van der Waals surface area contributed by atoms with E-state index < -0.39 is 0 Å². The van der Waals surface area contributed by atoms with E-state index in [0.717, 1.165) is 11.1 Å². The lowest BCUT2D eigenvalue weighted by atomic mass is 9.95. The van der Waals surface area contributed by atoms with Crippen LogP contribution in [0, 0.1) is 19.8 Å². The highest BCUT2D eigenvalue weighted by Gasteiger charge is 2.30. The number of amides is 2. The van der Waals surface area contributed by atoms with E-state index in [0.29, 0.717) is 32.5 Å². The van der Waals surface area contributed by atoms with Gasteiger partial charge in [0.25, 0.3) is 0 Å². The van der Waals surface area contributed by atoms with Crippen molar-refractivity contribution in [2.24, 2.45) is 5.92 Å². The molecule has 1 unspecified atom stereocenters. The Labute approximate surface area is 196 Å². The van der Waals surface area contributed by atoms with Gasteiger partial charge in [-0.05, 0) is 48.6 Å². The van der Waals surface area contributed by atoms with Crippen LogP contribution in [0.5, 0.6) is 0 Å². The Kier molecular flexibility index (Phi) is 6.87. The molecule has 0 radical (unpaired) electrons. The van der Waals surface area contributed by atoms with Crippen LogP contribution in [0.2, 0.25) is 0 Å². The molecule has 33 heavy (non-hydrogen) atoms. The molecule has 1 fully saturated rings. The summed E-state index contributed by atoms with van der Waals surface area (Å²) in [6.07, 6.45) is 4.35. The second-order valence-corrected chi connectivity index (χ2v) is 9.11. The molecule has 0 N–H and O–H groups in total. The molecule has 2 heterocycles. The van der Waals surface area contributed by atoms with Gasteiger partial charge in [-0.25, -0.2) is 0 Å². The number of likely N-dealkylation sites (N-methyl/N-ethyl adjacent to an activating group) is 1. The number of hydrogen-bond acceptors (Lipinski definition) is 3. The molecule has 0 bridgehead atoms. The fourth-order valence-corrected chi connectivity index (χ4v) is 4.55. The molecule has 0 spiro atoms. The fraction of sp³-hybridized carbons (Fsp3) is 0.321. The number of aryl methyl sites for hydroxylation is 2. The van der Waals surface area contributed by atoms with Crippen LogP contribution in [-0.2, 0) is 22.4 Å². The van der Waals surface area contributed by atoms with E-state index in [2.05, 4.69) is 61.3 Å². The van der Waals surface area contributed by atoms with Crippen molar-refractivity contribution in [1.82, 2.24) is 14.8 Å². The lowest BCUT2D eigenvalue weighted by Gasteiger charge is -2.23. The van der Waals surface area contributed by atoms with E-state index >= 15 is 0 Å². The Morgan fingerprint density at radius 3 is 2.36 bits per heavy atom. The van der Waals surface area contributed by atoms with Gasteiger partial charge in [0.1, 0.15) is 0 Å². The molecule has 1 aliphatic rings. The number of nitrogens with zero attached hydrogens (tertiary/aromatic N) is 3. The molecule has 3 aromatic rings. The fourth-order valence-electron chi connectivity index (χ4n) is 4.55. The third-order valence-electron chi connectivity index (χ3n) is 6.29. The van der Waals surface area contributed by atoms with E-state index in [4.69, 9.17) is 0 Å². The highest BCUT2D eigenvalue weighted by Crippen LogP contribution is 2.24. The monoisotopic (exact) mass is 441 g/mol. The molecule has 5 heteroatoms. The highest BCUT2D eigenvalue weighted by atomic mass is 16.2. The summed E-state index contributed by atoms with van der Waals surface area (Å²) in [5.41, 5.74) is 6.87. The zero-order valence-electron chi connectivity index (χ0n) is 19.6. The third-order valence-corrected chi connectivity index (χ3v) is 6.29. The first kappa shape index (κ1) is 22.7. The molecule has 4 rings (SSSR count). The first-order chi connectivity index (χ1) is 15.9. The molecule has 2 aromatic carbocycles. The second kappa shape index (κ2) is 9.99. The molecular weight excluding hydrogens is 410 g/mol. The van der Waals surface area contributed by atoms with E-state index in [1.54, 1.807) is 17.3 Å². The standard InChI is InChI=1S/C28H31N3O2/c1-20-13-21(2)15-25(14-20)24-8-6-22(7-9-24)16-26-19-31(12-11-30(3)28(26)33)27(32)17-23-5-4-10-29-18-23/h4-10,13-15,18,26H,11-12,16-17,19H2,1-3H3. The van der Waals surface area contributed by atoms with E-state index in [9.17, 15) is 9.59 Å². The van der Waals surface area contributed by atoms with Gasteiger partial charge in [0.2, 0.25) is 11.8 Å². The number of benzene rings is 2. The molecule has 0 aliphatic carbocycles. The SMILES string of the molecule is Cc1cc(C)cc(-c2ccc(CC3CN(C(=O)Cc4cccnc4)CCN(C)C3=O)cc2)c1. The van der Waals surface area contributed by atoms with Crippen LogP contribution < -0.4 is 0 Å². The van der Waals surface area contributed by atoms with E-state index in [-0.39, 0.29) is 17.7 Å². The summed E-state index contributed by atoms with van der Waals surface area (Å²) in [6.45, 7) is 5.78. The first-order valence-corrected chi connectivity index (χ1v) is 11.5. The highest BCUT2D eigenvalue weighted by molar-refractivity contribution is 5.83. The molecule has 170 valence electrons. The zero-order valence-corrected chi connectivity index (χ0v) is 19.6. The number of pyridine rings is 1. The van der Waals surface area contributed by atoms with Crippen LogP contribution in [-0.4, -0.2) is 53.3 Å². The minimum atomic E-state index is -0.248. The Morgan fingerprint density at radius 2 is 1.70 bits per heavy atom. The normalized spacial score (nSPS) is 16.6. The van der Waals surface area contributed by atoms with Gasteiger partial charge in [0.15, 0.2) is 0 Å². The second-order valence-electron chi connectivity index (χ2n) is 9.11. The summed E-state index contributed by atoms with van der Waals surface area (Å²) in [6, 6.07) is 18.8. The minimum absolute atomic E-state index is 0.0428. The molecule has 1 atom stereocenters. The number of carbonyl (C=O) groups excluding carboxylic acids is 2. The largest absolute Gasteiger partial charge is 0.344 e. The van der Waals surface area contributed by atoms with Gasteiger partial charge in [-0.1, -0.05) is 59.7 Å². The maximum absolute atomic E-state index is 13.0. The summed E-state index contributed by atoms with van der Waals surface area (Å²) < 4.78 is 0. The van der Waals surface area contributed by atoms with Crippen molar-refractivity contribution < 1.29 is 9.59 Å². The van der Waals surface area contributed by atoms with Crippen molar-refractivity contribution in [2.75, 3.05) is 26.7 Å². The predicted octanol–water partition coefficient (Wildman–Crippen LogP) is 4.07. The van der Waals surface area contributed by atoms with Gasteiger partial charge in [-0.2, -0.15) is 0 Å². The number of rotatable bonds is 5. The Morgan fingerprint density at radius 1 is 0.970 bits per heavy atom. The van der Waals surface area contributed by atoms with Crippen molar-refractivity contribution in [1.29, 1.82) is 0 Å². The van der Waals surface area contributed by atoms with Crippen LogP contribution in [0.4, 0.5) is 0 Å². The quantitative estimate of drug-likeness (QED) is 0.600. The maximum Gasteiger partial charge on any atom is 0.227 e. The van der Waals surface area contributed by atoms with Crippen molar-refractivity contribution in [3.05, 3.63) is 89.2 Å². The molecule has 5 nitrogen and oxygen atoms in total. The number of carbonyl (C=O) groups is 2. The number of hydrogen-bond donors (Lipinski definition) is 0. The zero-order chi connectivity index (χ0) is 23.4. The van der Waals surface area contributed by atoms with Crippen LogP contribution in [0.1, 0.15) is 22.3 Å². The molecule has 1 saturated heterocycles. The van der Waals surface area contributed by atoms with Crippen LogP contribution in [0.15, 0.2) is 67.0 Å². The van der Waals surface area contributed by atoms with Gasteiger partial charge in [-0.15, -0.1) is 0 Å². The molecular formula is C28H31N3O2. The van der Waals surface area contributed by atoms with E-state index in [1.807, 2.05) is 24.1 Å². The van der Waals surface area contributed by atoms with Gasteiger partial charge in [0, 0.05) is 39.1 Å². The summed E-state index contributed by atoms with van der Waals surface area (Å²) in [4.78, 5) is 33.7. The summed E-state index contributed by atoms with van der Waals surface area (Å²) in [7, 11) is 1.83. The lowest BCUT2D eigenvalue weighted by Crippen LogP contribution is -2.38. The van der Waals surface area contributed by atoms with E-state index in [1.165, 1.54) is 22.3 Å². The summed E-state index contributed by atoms with van der Waals surface area (Å²) in [5.74, 6) is -0.103. The molecule has 1 aromatic heterocycles. The van der Waals surface area contributed by atoms with Crippen molar-refractivity contribution in [2.45, 2.75) is 26.7 Å². The van der Waals surface area contributed by atoms with Gasteiger partial charge in [0.05, 0.1) is 12.3 Å². The van der Waals surface area contributed by atoms with Crippen LogP contribution >= 0.6 is 0 Å². The molecule has 0 saturated carbocycles. The van der Waals surface area contributed by atoms with Gasteiger partial charge >= 0.3 is 0 Å². The van der Waals surface area contributed by atoms with Crippen LogP contribution in [0.3, 0.4) is 0 Å². The predicted molar refractivity (Wildman–Crippen MR) is 131 cm³/mol. The van der Waals surface area contributed by atoms with Gasteiger partial charge < -0.3 is 9.80 Å². The average molecular weight is 442 g/mol. The third kappa shape index (κ3) is 5.67. The summed E-state index contributed by atoms with van der Waals surface area (Å²) >= 11 is 0. The Bertz CT molecular complexity index is 1110. The minimum Gasteiger partial charge on any atom is -0.344 e. The lowest BCUT2D eigenvalue weighted by molar-refractivity contribution is -0.133. The molecule has 2 amide bonds. The smallest absolute Gasteiger partial charge is 0.227 e. The number of aromatic nitrogens is 1. The van der Waals surface area contributed by atoms with Crippen molar-refractivity contribution in [3.63, 3.8) is 0 Å². The maximum atomic E-state index is 13.0. The topological polar surface area (TPSA) is 53.5 Å². The van der Waals surface area contributed by atoms with Crippen LogP contribution in [0.25, 0.3) is 11.1 Å². The van der Waals surface area contributed by atoms with Crippen molar-refractivity contribution in [3.8, 4) is 11.1 Å². The van der Waals surface area contributed by atoms with Crippen molar-refractivity contribution >= 4 is 11.8 Å². The Hall–Kier alpha value is -3.47. The summed E-state index contributed by atoms with van der Waals surface area (Å²) in [5, 5.41) is 0.